The van der Waals surface area contributed by atoms with Crippen molar-refractivity contribution in [3.8, 4) is 0 Å². The molecule has 124 valence electrons. The molecule has 2 heteroatoms. The zero-order valence-electron chi connectivity index (χ0n) is 14.5. The van der Waals surface area contributed by atoms with E-state index in [1.807, 2.05) is 0 Å². The first kappa shape index (κ1) is 17.9. The average Bonchev–Trinajstić information content (AvgIpc) is 2.48. The van der Waals surface area contributed by atoms with Crippen molar-refractivity contribution in [2.24, 2.45) is 17.8 Å². The van der Waals surface area contributed by atoms with Crippen LogP contribution in [0.2, 0.25) is 18.6 Å². The molecule has 0 aromatic rings. The molecule has 2 fully saturated rings. The molecular formula is C19H37ClSi. The Balaban J connectivity index is 1.55. The summed E-state index contributed by atoms with van der Waals surface area (Å²) in [5, 5.41) is 0. The van der Waals surface area contributed by atoms with Crippen LogP contribution in [0.25, 0.3) is 0 Å². The lowest BCUT2D eigenvalue weighted by molar-refractivity contribution is 0.234. The second-order valence-corrected chi connectivity index (χ2v) is 14.9. The van der Waals surface area contributed by atoms with E-state index < -0.39 is 7.38 Å². The fourth-order valence-electron chi connectivity index (χ4n) is 4.53. The summed E-state index contributed by atoms with van der Waals surface area (Å²) in [6.45, 7) is 4.68. The van der Waals surface area contributed by atoms with Gasteiger partial charge in [-0.15, -0.1) is 0 Å². The van der Waals surface area contributed by atoms with Crippen LogP contribution in [0.5, 0.6) is 0 Å². The molecule has 0 bridgehead atoms. The van der Waals surface area contributed by atoms with Gasteiger partial charge in [-0.2, -0.15) is 11.1 Å². The maximum atomic E-state index is 6.59. The van der Waals surface area contributed by atoms with Gasteiger partial charge < -0.3 is 0 Å². The van der Waals surface area contributed by atoms with Crippen molar-refractivity contribution in [3.63, 3.8) is 0 Å². The highest BCUT2D eigenvalue weighted by Gasteiger charge is 2.31. The lowest BCUT2D eigenvalue weighted by Crippen LogP contribution is -2.28. The van der Waals surface area contributed by atoms with E-state index in [1.54, 1.807) is 0 Å². The molecular weight excluding hydrogens is 292 g/mol. The van der Waals surface area contributed by atoms with Gasteiger partial charge in [0.05, 0.1) is 0 Å². The summed E-state index contributed by atoms with van der Waals surface area (Å²) in [5.74, 6) is 3.16. The van der Waals surface area contributed by atoms with Gasteiger partial charge in [0.2, 0.25) is 0 Å². The minimum absolute atomic E-state index is 1.02. The summed E-state index contributed by atoms with van der Waals surface area (Å²) in [4.78, 5) is 0. The van der Waals surface area contributed by atoms with E-state index in [9.17, 15) is 0 Å². The molecule has 0 aromatic carbocycles. The third-order valence-electron chi connectivity index (χ3n) is 6.31. The zero-order chi connectivity index (χ0) is 15.1. The van der Waals surface area contributed by atoms with Crippen LogP contribution in [0.1, 0.15) is 84.0 Å². The van der Waals surface area contributed by atoms with E-state index in [2.05, 4.69) is 13.5 Å². The van der Waals surface area contributed by atoms with Crippen molar-refractivity contribution in [1.82, 2.24) is 0 Å². The SMILES string of the molecule is CCCCCC1CCC(CCC2CC[Si](C)(Cl)CC2)CC1. The van der Waals surface area contributed by atoms with Crippen LogP contribution < -0.4 is 0 Å². The Kier molecular flexibility index (Phi) is 7.62. The molecule has 2 rings (SSSR count). The predicted octanol–water partition coefficient (Wildman–Crippen LogP) is 7.38. The Morgan fingerprint density at radius 1 is 0.762 bits per heavy atom. The summed E-state index contributed by atoms with van der Waals surface area (Å²) in [5.41, 5.74) is 0. The van der Waals surface area contributed by atoms with Crippen molar-refractivity contribution < 1.29 is 0 Å². The molecule has 0 unspecified atom stereocenters. The largest absolute Gasteiger partial charge is 0.167 e. The van der Waals surface area contributed by atoms with Gasteiger partial charge in [-0.25, -0.2) is 0 Å². The molecule has 1 saturated heterocycles. The second-order valence-electron chi connectivity index (χ2n) is 8.32. The Bertz CT molecular complexity index is 271. The molecule has 0 spiro atoms. The topological polar surface area (TPSA) is 0 Å². The van der Waals surface area contributed by atoms with Crippen LogP contribution in [0.15, 0.2) is 0 Å². The van der Waals surface area contributed by atoms with Crippen molar-refractivity contribution in [2.75, 3.05) is 0 Å². The number of halogens is 1. The molecule has 0 radical (unpaired) electrons. The molecule has 0 atom stereocenters. The summed E-state index contributed by atoms with van der Waals surface area (Å²) in [6.07, 6.45) is 17.9. The molecule has 0 aromatic heterocycles. The van der Waals surface area contributed by atoms with Crippen LogP contribution in [0, 0.1) is 17.8 Å². The standard InChI is InChI=1S/C19H37ClSi/c1-3-4-5-6-17-7-9-18(10-8-17)11-12-19-13-15-21(2,20)16-14-19/h17-19H,3-16H2,1-2H3. The molecule has 21 heavy (non-hydrogen) atoms. The van der Waals surface area contributed by atoms with Crippen molar-refractivity contribution >= 4 is 18.5 Å². The van der Waals surface area contributed by atoms with Gasteiger partial charge in [0, 0.05) is 0 Å². The first-order chi connectivity index (χ1) is 10.1. The summed E-state index contributed by atoms with van der Waals surface area (Å²) in [7, 11) is -1.25. The number of hydrogen-bond donors (Lipinski definition) is 0. The van der Waals surface area contributed by atoms with E-state index in [-0.39, 0.29) is 0 Å². The van der Waals surface area contributed by atoms with Crippen molar-refractivity contribution in [2.45, 2.75) is 103 Å². The minimum atomic E-state index is -1.25. The van der Waals surface area contributed by atoms with E-state index in [0.717, 1.165) is 17.8 Å². The van der Waals surface area contributed by atoms with Crippen molar-refractivity contribution in [1.29, 1.82) is 0 Å². The molecule has 1 saturated carbocycles. The maximum absolute atomic E-state index is 6.59. The average molecular weight is 329 g/mol. The molecule has 1 aliphatic heterocycles. The van der Waals surface area contributed by atoms with Gasteiger partial charge in [-0.05, 0) is 29.8 Å². The monoisotopic (exact) mass is 328 g/mol. The smallest absolute Gasteiger partial charge is 0.153 e. The quantitative estimate of drug-likeness (QED) is 0.260. The lowest BCUT2D eigenvalue weighted by Gasteiger charge is -2.33. The molecule has 0 N–H and O–H groups in total. The van der Waals surface area contributed by atoms with Crippen LogP contribution >= 0.6 is 11.1 Å². The molecule has 1 aliphatic carbocycles. The van der Waals surface area contributed by atoms with Crippen LogP contribution in [-0.4, -0.2) is 7.38 Å². The van der Waals surface area contributed by atoms with Crippen LogP contribution in [-0.2, 0) is 0 Å². The molecule has 0 amide bonds. The highest BCUT2D eigenvalue weighted by Crippen LogP contribution is 2.39. The summed E-state index contributed by atoms with van der Waals surface area (Å²) < 4.78 is 0. The summed E-state index contributed by atoms with van der Waals surface area (Å²) in [6, 6.07) is 2.76. The van der Waals surface area contributed by atoms with E-state index in [0.29, 0.717) is 0 Å². The third-order valence-corrected chi connectivity index (χ3v) is 10.1. The minimum Gasteiger partial charge on any atom is -0.167 e. The van der Waals surface area contributed by atoms with Gasteiger partial charge in [0.1, 0.15) is 0 Å². The van der Waals surface area contributed by atoms with E-state index in [1.165, 1.54) is 89.1 Å². The number of unbranched alkanes of at least 4 members (excludes halogenated alkanes) is 2. The molecule has 1 heterocycles. The van der Waals surface area contributed by atoms with Gasteiger partial charge in [-0.1, -0.05) is 90.5 Å². The lowest BCUT2D eigenvalue weighted by atomic mass is 9.77. The van der Waals surface area contributed by atoms with E-state index >= 15 is 0 Å². The van der Waals surface area contributed by atoms with E-state index in [4.69, 9.17) is 11.1 Å². The number of rotatable bonds is 7. The maximum Gasteiger partial charge on any atom is 0.153 e. The Labute approximate surface area is 139 Å². The predicted molar refractivity (Wildman–Crippen MR) is 98.6 cm³/mol. The fourth-order valence-corrected chi connectivity index (χ4v) is 7.46. The zero-order valence-corrected chi connectivity index (χ0v) is 16.3. The second kappa shape index (κ2) is 8.96. The Morgan fingerprint density at radius 2 is 1.24 bits per heavy atom. The van der Waals surface area contributed by atoms with Crippen LogP contribution in [0.3, 0.4) is 0 Å². The fraction of sp³-hybridized carbons (Fsp3) is 1.00. The van der Waals surface area contributed by atoms with Gasteiger partial charge in [0.15, 0.2) is 7.38 Å². The first-order valence-corrected chi connectivity index (χ1v) is 13.7. The highest BCUT2D eigenvalue weighted by atomic mass is 35.6. The van der Waals surface area contributed by atoms with Gasteiger partial charge in [0.25, 0.3) is 0 Å². The van der Waals surface area contributed by atoms with Crippen LogP contribution in [0.4, 0.5) is 0 Å². The first-order valence-electron chi connectivity index (χ1n) is 9.78. The number of hydrogen-bond acceptors (Lipinski definition) is 0. The normalized spacial score (nSPS) is 37.6. The highest BCUT2D eigenvalue weighted by molar-refractivity contribution is 7.19. The molecule has 2 aliphatic rings. The van der Waals surface area contributed by atoms with Gasteiger partial charge >= 0.3 is 0 Å². The van der Waals surface area contributed by atoms with Crippen molar-refractivity contribution in [3.05, 3.63) is 0 Å². The molecule has 0 nitrogen and oxygen atoms in total. The van der Waals surface area contributed by atoms with Gasteiger partial charge in [-0.3, -0.25) is 0 Å². The third kappa shape index (κ3) is 6.65. The Morgan fingerprint density at radius 3 is 1.76 bits per heavy atom. The Hall–Kier alpha value is 0.507. The summed E-state index contributed by atoms with van der Waals surface area (Å²) >= 11 is 6.59.